The molecule has 3 N–H and O–H groups in total. The molecule has 1 heterocycles. The molecule has 3 atom stereocenters. The molecule has 1 saturated heterocycles. The summed E-state index contributed by atoms with van der Waals surface area (Å²) in [6, 6.07) is 9.84. The lowest BCUT2D eigenvalue weighted by Gasteiger charge is -2.34. The van der Waals surface area contributed by atoms with Gasteiger partial charge in [0.05, 0.1) is 0 Å². The van der Waals surface area contributed by atoms with Gasteiger partial charge in [-0.2, -0.15) is 0 Å². The van der Waals surface area contributed by atoms with E-state index in [0.29, 0.717) is 18.0 Å². The fourth-order valence-corrected chi connectivity index (χ4v) is 2.52. The molecule has 0 spiro atoms. The maximum atomic E-state index is 6.02. The fraction of sp³-hybridized carbons (Fsp3) is 0.571. The minimum atomic E-state index is 0.298. The van der Waals surface area contributed by atoms with Crippen LogP contribution < -0.4 is 11.1 Å². The van der Waals surface area contributed by atoms with E-state index < -0.39 is 0 Å². The van der Waals surface area contributed by atoms with Gasteiger partial charge >= 0.3 is 0 Å². The molecule has 2 nitrogen and oxygen atoms in total. The third kappa shape index (κ3) is 2.45. The lowest BCUT2D eigenvalue weighted by atomic mass is 9.83. The highest BCUT2D eigenvalue weighted by molar-refractivity contribution is 5.27. The molecule has 16 heavy (non-hydrogen) atoms. The monoisotopic (exact) mass is 218 g/mol. The second-order valence-electron chi connectivity index (χ2n) is 4.89. The zero-order valence-electron chi connectivity index (χ0n) is 10.2. The van der Waals surface area contributed by atoms with Crippen LogP contribution in [-0.2, 0) is 6.42 Å². The molecule has 1 aliphatic rings. The number of hydrogen-bond donors (Lipinski definition) is 2. The largest absolute Gasteiger partial charge is 0.327 e. The van der Waals surface area contributed by atoms with Crippen LogP contribution in [0.15, 0.2) is 24.3 Å². The number of piperidine rings is 1. The van der Waals surface area contributed by atoms with Crippen molar-refractivity contribution in [2.75, 3.05) is 6.54 Å². The molecule has 0 aromatic heterocycles. The lowest BCUT2D eigenvalue weighted by molar-refractivity contribution is 0.337. The van der Waals surface area contributed by atoms with E-state index in [9.17, 15) is 0 Å². The van der Waals surface area contributed by atoms with Crippen LogP contribution in [0.25, 0.3) is 0 Å². The predicted octanol–water partition coefficient (Wildman–Crippen LogP) is 2.04. The summed E-state index contributed by atoms with van der Waals surface area (Å²) in [4.78, 5) is 0. The van der Waals surface area contributed by atoms with E-state index in [2.05, 4.69) is 43.4 Å². The highest BCUT2D eigenvalue weighted by atomic mass is 15.0. The molecular weight excluding hydrogens is 196 g/mol. The van der Waals surface area contributed by atoms with Crippen molar-refractivity contribution < 1.29 is 0 Å². The second-order valence-corrected chi connectivity index (χ2v) is 4.89. The molecule has 1 aliphatic heterocycles. The van der Waals surface area contributed by atoms with Crippen molar-refractivity contribution in [2.45, 2.75) is 44.7 Å². The number of hydrogen-bond acceptors (Lipinski definition) is 2. The van der Waals surface area contributed by atoms with Crippen LogP contribution in [-0.4, -0.2) is 18.6 Å². The topological polar surface area (TPSA) is 38.0 Å². The van der Waals surface area contributed by atoms with Crippen molar-refractivity contribution in [2.24, 2.45) is 5.73 Å². The SMILES string of the molecule is CCc1ccc(C2CC(N)CNC2C)cc1. The van der Waals surface area contributed by atoms with Gasteiger partial charge in [-0.3, -0.25) is 0 Å². The van der Waals surface area contributed by atoms with Gasteiger partial charge in [-0.1, -0.05) is 31.2 Å². The highest BCUT2D eigenvalue weighted by Gasteiger charge is 2.26. The van der Waals surface area contributed by atoms with E-state index >= 15 is 0 Å². The van der Waals surface area contributed by atoms with E-state index in [1.54, 1.807) is 0 Å². The fourth-order valence-electron chi connectivity index (χ4n) is 2.52. The third-order valence-corrected chi connectivity index (χ3v) is 3.68. The zero-order valence-corrected chi connectivity index (χ0v) is 10.2. The van der Waals surface area contributed by atoms with Crippen molar-refractivity contribution in [3.05, 3.63) is 35.4 Å². The van der Waals surface area contributed by atoms with E-state index in [4.69, 9.17) is 5.73 Å². The number of nitrogens with two attached hydrogens (primary N) is 1. The molecule has 1 aromatic carbocycles. The van der Waals surface area contributed by atoms with Crippen molar-refractivity contribution in [3.63, 3.8) is 0 Å². The van der Waals surface area contributed by atoms with Crippen LogP contribution >= 0.6 is 0 Å². The number of benzene rings is 1. The molecule has 2 heteroatoms. The standard InChI is InChI=1S/C14H22N2/c1-3-11-4-6-12(7-5-11)14-8-13(15)9-16-10(14)2/h4-7,10,13-14,16H,3,8-9,15H2,1-2H3. The van der Waals surface area contributed by atoms with Crippen LogP contribution in [0.5, 0.6) is 0 Å². The van der Waals surface area contributed by atoms with Gasteiger partial charge in [0.15, 0.2) is 0 Å². The van der Waals surface area contributed by atoms with Crippen LogP contribution in [0, 0.1) is 0 Å². The molecule has 0 radical (unpaired) electrons. The molecule has 1 fully saturated rings. The molecule has 0 amide bonds. The number of rotatable bonds is 2. The van der Waals surface area contributed by atoms with Crippen molar-refractivity contribution >= 4 is 0 Å². The maximum absolute atomic E-state index is 6.02. The summed E-state index contributed by atoms with van der Waals surface area (Å²) in [6.45, 7) is 5.39. The van der Waals surface area contributed by atoms with Gasteiger partial charge in [-0.15, -0.1) is 0 Å². The smallest absolute Gasteiger partial charge is 0.0171 e. The van der Waals surface area contributed by atoms with Crippen LogP contribution in [0.4, 0.5) is 0 Å². The molecule has 88 valence electrons. The van der Waals surface area contributed by atoms with Gasteiger partial charge in [0.2, 0.25) is 0 Å². The Hall–Kier alpha value is -0.860. The second kappa shape index (κ2) is 4.98. The summed E-state index contributed by atoms with van der Waals surface area (Å²) >= 11 is 0. The summed E-state index contributed by atoms with van der Waals surface area (Å²) in [5.74, 6) is 0.564. The van der Waals surface area contributed by atoms with Crippen molar-refractivity contribution in [1.29, 1.82) is 0 Å². The van der Waals surface area contributed by atoms with Crippen LogP contribution in [0.2, 0.25) is 0 Å². The van der Waals surface area contributed by atoms with Gasteiger partial charge in [-0.05, 0) is 30.9 Å². The maximum Gasteiger partial charge on any atom is 0.0171 e. The van der Waals surface area contributed by atoms with Gasteiger partial charge in [-0.25, -0.2) is 0 Å². The molecular formula is C14H22N2. The summed E-state index contributed by atoms with van der Waals surface area (Å²) in [5, 5.41) is 3.48. The lowest BCUT2D eigenvalue weighted by Crippen LogP contribution is -2.48. The quantitative estimate of drug-likeness (QED) is 0.797. The van der Waals surface area contributed by atoms with E-state index in [0.717, 1.165) is 19.4 Å². The molecule has 2 rings (SSSR count). The molecule has 0 saturated carbocycles. The van der Waals surface area contributed by atoms with Crippen LogP contribution in [0.1, 0.15) is 37.3 Å². The first-order valence-electron chi connectivity index (χ1n) is 6.28. The van der Waals surface area contributed by atoms with Gasteiger partial charge in [0.25, 0.3) is 0 Å². The minimum Gasteiger partial charge on any atom is -0.327 e. The van der Waals surface area contributed by atoms with E-state index in [-0.39, 0.29) is 0 Å². The number of nitrogens with one attached hydrogen (secondary N) is 1. The number of aryl methyl sites for hydroxylation is 1. The molecule has 0 aliphatic carbocycles. The summed E-state index contributed by atoms with van der Waals surface area (Å²) in [7, 11) is 0. The first-order chi connectivity index (χ1) is 7.70. The Balaban J connectivity index is 2.15. The Morgan fingerprint density at radius 3 is 2.62 bits per heavy atom. The summed E-state index contributed by atoms with van der Waals surface area (Å²) < 4.78 is 0. The van der Waals surface area contributed by atoms with Crippen molar-refractivity contribution in [1.82, 2.24) is 5.32 Å². The normalized spacial score (nSPS) is 30.3. The van der Waals surface area contributed by atoms with Gasteiger partial charge in [0.1, 0.15) is 0 Å². The minimum absolute atomic E-state index is 0.298. The Labute approximate surface area is 98.2 Å². The Morgan fingerprint density at radius 1 is 1.31 bits per heavy atom. The average Bonchev–Trinajstić information content (AvgIpc) is 2.32. The Morgan fingerprint density at radius 2 is 2.00 bits per heavy atom. The first kappa shape index (κ1) is 11.6. The first-order valence-corrected chi connectivity index (χ1v) is 6.28. The van der Waals surface area contributed by atoms with E-state index in [1.165, 1.54) is 11.1 Å². The summed E-state index contributed by atoms with van der Waals surface area (Å²) in [5.41, 5.74) is 8.85. The highest BCUT2D eigenvalue weighted by Crippen LogP contribution is 2.27. The Kier molecular flexibility index (Phi) is 3.62. The summed E-state index contributed by atoms with van der Waals surface area (Å²) in [6.07, 6.45) is 2.21. The molecule has 0 bridgehead atoms. The predicted molar refractivity (Wildman–Crippen MR) is 68.6 cm³/mol. The molecule has 3 unspecified atom stereocenters. The van der Waals surface area contributed by atoms with Crippen LogP contribution in [0.3, 0.4) is 0 Å². The Bertz CT molecular complexity index is 331. The molecule has 1 aromatic rings. The average molecular weight is 218 g/mol. The third-order valence-electron chi connectivity index (χ3n) is 3.68. The van der Waals surface area contributed by atoms with Crippen molar-refractivity contribution in [3.8, 4) is 0 Å². The van der Waals surface area contributed by atoms with Gasteiger partial charge < -0.3 is 11.1 Å². The van der Waals surface area contributed by atoms with E-state index in [1.807, 2.05) is 0 Å². The van der Waals surface area contributed by atoms with Gasteiger partial charge in [0, 0.05) is 24.5 Å². The zero-order chi connectivity index (χ0) is 11.5.